The van der Waals surface area contributed by atoms with E-state index in [0.29, 0.717) is 29.0 Å². The molecule has 2 rings (SSSR count). The van der Waals surface area contributed by atoms with E-state index in [-0.39, 0.29) is 5.82 Å². The molecule has 0 aromatic heterocycles. The fraction of sp³-hybridized carbons (Fsp3) is 0.667. The van der Waals surface area contributed by atoms with Gasteiger partial charge >= 0.3 is 0 Å². The maximum Gasteiger partial charge on any atom is 0.127 e. The van der Waals surface area contributed by atoms with Crippen LogP contribution in [0.3, 0.4) is 0 Å². The molecule has 0 aliphatic heterocycles. The quantitative estimate of drug-likeness (QED) is 0.800. The molecule has 1 N–H and O–H groups in total. The van der Waals surface area contributed by atoms with Gasteiger partial charge in [-0.2, -0.15) is 0 Å². The standard InChI is InChI=1S/C18H27ClFN/c1-4-21-18(14-9-8-12(2)13(3)10-14)11-15-16(19)6-5-7-17(15)20/h5-7,12-14,18,21H,4,8-11H2,1-3H3. The summed E-state index contributed by atoms with van der Waals surface area (Å²) >= 11 is 6.20. The lowest BCUT2D eigenvalue weighted by atomic mass is 9.72. The number of hydrogen-bond acceptors (Lipinski definition) is 1. The SMILES string of the molecule is CCNC(Cc1c(F)cccc1Cl)C1CCC(C)C(C)C1. The van der Waals surface area contributed by atoms with Crippen molar-refractivity contribution in [2.24, 2.45) is 17.8 Å². The minimum atomic E-state index is -0.178. The first-order valence-corrected chi connectivity index (χ1v) is 8.57. The second-order valence-electron chi connectivity index (χ2n) is 6.60. The Morgan fingerprint density at radius 2 is 2.05 bits per heavy atom. The molecule has 1 saturated carbocycles. The first-order chi connectivity index (χ1) is 10.0. The van der Waals surface area contributed by atoms with Crippen LogP contribution in [0, 0.1) is 23.6 Å². The molecule has 1 fully saturated rings. The molecule has 1 aromatic carbocycles. The minimum absolute atomic E-state index is 0.178. The molecule has 1 aliphatic rings. The van der Waals surface area contributed by atoms with E-state index in [1.807, 2.05) is 0 Å². The molecule has 0 bridgehead atoms. The summed E-state index contributed by atoms with van der Waals surface area (Å²) in [5.41, 5.74) is 0.663. The predicted octanol–water partition coefficient (Wildman–Crippen LogP) is 5.07. The third-order valence-electron chi connectivity index (χ3n) is 5.16. The van der Waals surface area contributed by atoms with Gasteiger partial charge in [-0.15, -0.1) is 0 Å². The molecule has 21 heavy (non-hydrogen) atoms. The maximum atomic E-state index is 14.0. The maximum absolute atomic E-state index is 14.0. The molecule has 4 atom stereocenters. The Labute approximate surface area is 133 Å². The van der Waals surface area contributed by atoms with Gasteiger partial charge in [-0.3, -0.25) is 0 Å². The summed E-state index contributed by atoms with van der Waals surface area (Å²) in [7, 11) is 0. The molecule has 0 amide bonds. The van der Waals surface area contributed by atoms with E-state index in [2.05, 4.69) is 26.1 Å². The molecule has 4 unspecified atom stereocenters. The van der Waals surface area contributed by atoms with Gasteiger partial charge in [-0.1, -0.05) is 44.9 Å². The van der Waals surface area contributed by atoms with Gasteiger partial charge in [-0.05, 0) is 55.7 Å². The van der Waals surface area contributed by atoms with Crippen LogP contribution in [0.4, 0.5) is 4.39 Å². The highest BCUT2D eigenvalue weighted by molar-refractivity contribution is 6.31. The second-order valence-corrected chi connectivity index (χ2v) is 7.00. The van der Waals surface area contributed by atoms with Crippen LogP contribution in [0.1, 0.15) is 45.6 Å². The average molecular weight is 312 g/mol. The van der Waals surface area contributed by atoms with Gasteiger partial charge in [0.1, 0.15) is 5.82 Å². The molecule has 0 radical (unpaired) electrons. The van der Waals surface area contributed by atoms with Crippen molar-refractivity contribution in [3.05, 3.63) is 34.6 Å². The Hall–Kier alpha value is -0.600. The number of halogens is 2. The number of benzene rings is 1. The molecule has 0 spiro atoms. The van der Waals surface area contributed by atoms with Crippen LogP contribution in [0.5, 0.6) is 0 Å². The molecular formula is C18H27ClFN. The van der Waals surface area contributed by atoms with Crippen LogP contribution in [-0.4, -0.2) is 12.6 Å². The van der Waals surface area contributed by atoms with Crippen molar-refractivity contribution in [2.45, 2.75) is 52.5 Å². The molecule has 0 saturated heterocycles. The van der Waals surface area contributed by atoms with Crippen LogP contribution in [0.2, 0.25) is 5.02 Å². The summed E-state index contributed by atoms with van der Waals surface area (Å²) < 4.78 is 14.0. The third-order valence-corrected chi connectivity index (χ3v) is 5.51. The average Bonchev–Trinajstić information content (AvgIpc) is 2.45. The van der Waals surface area contributed by atoms with Crippen molar-refractivity contribution < 1.29 is 4.39 Å². The van der Waals surface area contributed by atoms with E-state index in [4.69, 9.17) is 11.6 Å². The molecule has 1 aliphatic carbocycles. The Kier molecular flexibility index (Phi) is 6.07. The summed E-state index contributed by atoms with van der Waals surface area (Å²) in [6.45, 7) is 7.72. The first-order valence-electron chi connectivity index (χ1n) is 8.19. The normalized spacial score (nSPS) is 27.6. The highest BCUT2D eigenvalue weighted by Crippen LogP contribution is 2.36. The van der Waals surface area contributed by atoms with Crippen molar-refractivity contribution in [1.29, 1.82) is 0 Å². The number of likely N-dealkylation sites (N-methyl/N-ethyl adjacent to an activating group) is 1. The molecule has 1 nitrogen and oxygen atoms in total. The van der Waals surface area contributed by atoms with E-state index in [9.17, 15) is 4.39 Å². The Morgan fingerprint density at radius 3 is 2.67 bits per heavy atom. The van der Waals surface area contributed by atoms with Crippen molar-refractivity contribution in [2.75, 3.05) is 6.54 Å². The second kappa shape index (κ2) is 7.60. The highest BCUT2D eigenvalue weighted by Gasteiger charge is 2.30. The van der Waals surface area contributed by atoms with Gasteiger partial charge in [0.15, 0.2) is 0 Å². The lowest BCUT2D eigenvalue weighted by molar-refractivity contribution is 0.170. The third kappa shape index (κ3) is 4.20. The molecule has 0 heterocycles. The van der Waals surface area contributed by atoms with Gasteiger partial charge in [0.2, 0.25) is 0 Å². The van der Waals surface area contributed by atoms with Crippen molar-refractivity contribution in [1.82, 2.24) is 5.32 Å². The van der Waals surface area contributed by atoms with E-state index >= 15 is 0 Å². The van der Waals surface area contributed by atoms with Crippen molar-refractivity contribution >= 4 is 11.6 Å². The summed E-state index contributed by atoms with van der Waals surface area (Å²) in [6, 6.07) is 5.29. The monoisotopic (exact) mass is 311 g/mol. The lowest BCUT2D eigenvalue weighted by Gasteiger charge is -2.37. The summed E-state index contributed by atoms with van der Waals surface area (Å²) in [6.07, 6.45) is 4.42. The Bertz CT molecular complexity index is 442. The van der Waals surface area contributed by atoms with E-state index in [1.165, 1.54) is 25.3 Å². The van der Waals surface area contributed by atoms with Crippen LogP contribution in [0.25, 0.3) is 0 Å². The molecule has 3 heteroatoms. The summed E-state index contributed by atoms with van der Waals surface area (Å²) in [5.74, 6) is 2.00. The molecular weight excluding hydrogens is 285 g/mol. The van der Waals surface area contributed by atoms with Crippen LogP contribution in [0.15, 0.2) is 18.2 Å². The molecule has 118 valence electrons. The van der Waals surface area contributed by atoms with E-state index in [0.717, 1.165) is 18.4 Å². The zero-order valence-electron chi connectivity index (χ0n) is 13.3. The van der Waals surface area contributed by atoms with Gasteiger partial charge in [0.25, 0.3) is 0 Å². The number of hydrogen-bond donors (Lipinski definition) is 1. The molecule has 1 aromatic rings. The van der Waals surface area contributed by atoms with Crippen molar-refractivity contribution in [3.63, 3.8) is 0 Å². The lowest BCUT2D eigenvalue weighted by Crippen LogP contribution is -2.41. The fourth-order valence-electron chi connectivity index (χ4n) is 3.57. The topological polar surface area (TPSA) is 12.0 Å². The van der Waals surface area contributed by atoms with Gasteiger partial charge < -0.3 is 5.32 Å². The van der Waals surface area contributed by atoms with E-state index < -0.39 is 0 Å². The Morgan fingerprint density at radius 1 is 1.29 bits per heavy atom. The highest BCUT2D eigenvalue weighted by atomic mass is 35.5. The Balaban J connectivity index is 2.12. The predicted molar refractivity (Wildman–Crippen MR) is 88.2 cm³/mol. The number of nitrogens with one attached hydrogen (secondary N) is 1. The van der Waals surface area contributed by atoms with Gasteiger partial charge in [0.05, 0.1) is 0 Å². The zero-order valence-corrected chi connectivity index (χ0v) is 14.1. The summed E-state index contributed by atoms with van der Waals surface area (Å²) in [5, 5.41) is 4.12. The van der Waals surface area contributed by atoms with Crippen LogP contribution in [-0.2, 0) is 6.42 Å². The van der Waals surface area contributed by atoms with Crippen LogP contribution >= 0.6 is 11.6 Å². The van der Waals surface area contributed by atoms with Crippen LogP contribution < -0.4 is 5.32 Å². The zero-order chi connectivity index (χ0) is 15.4. The number of rotatable bonds is 5. The largest absolute Gasteiger partial charge is 0.314 e. The van der Waals surface area contributed by atoms with E-state index in [1.54, 1.807) is 12.1 Å². The van der Waals surface area contributed by atoms with Gasteiger partial charge in [0, 0.05) is 16.6 Å². The fourth-order valence-corrected chi connectivity index (χ4v) is 3.81. The van der Waals surface area contributed by atoms with Crippen molar-refractivity contribution in [3.8, 4) is 0 Å². The van der Waals surface area contributed by atoms with Gasteiger partial charge in [-0.25, -0.2) is 4.39 Å². The smallest absolute Gasteiger partial charge is 0.127 e. The first kappa shape index (κ1) is 16.8. The minimum Gasteiger partial charge on any atom is -0.314 e. The summed E-state index contributed by atoms with van der Waals surface area (Å²) in [4.78, 5) is 0.